The van der Waals surface area contributed by atoms with E-state index in [1.165, 1.54) is 26.0 Å². The number of carbonyl (C=O) groups excluding carboxylic acids is 2. The second kappa shape index (κ2) is 6.41. The van der Waals surface area contributed by atoms with Gasteiger partial charge < -0.3 is 14.2 Å². The highest BCUT2D eigenvalue weighted by atomic mass is 19.4. The number of alkyl halides is 7. The van der Waals surface area contributed by atoms with Crippen LogP contribution in [0.2, 0.25) is 0 Å². The van der Waals surface area contributed by atoms with Crippen molar-refractivity contribution in [3.63, 3.8) is 0 Å². The molecule has 0 atom stereocenters. The standard InChI is InChI=1S/C15H12F7NO5/c1-12(2)27-8-6-4-5-7(9(8)28-12)26-11(25)23(3)10(24)13(16,17)14(18,19)15(20,21)22/h4-6H,1-3H3. The maximum atomic E-state index is 13.4. The van der Waals surface area contributed by atoms with Crippen LogP contribution in [-0.2, 0) is 4.79 Å². The molecule has 1 aliphatic heterocycles. The van der Waals surface area contributed by atoms with Gasteiger partial charge in [-0.2, -0.15) is 30.7 Å². The van der Waals surface area contributed by atoms with E-state index in [2.05, 4.69) is 4.74 Å². The van der Waals surface area contributed by atoms with Crippen LogP contribution in [0.3, 0.4) is 0 Å². The number of nitrogens with zero attached hydrogens (tertiary/aromatic N) is 1. The van der Waals surface area contributed by atoms with Crippen molar-refractivity contribution in [2.24, 2.45) is 0 Å². The van der Waals surface area contributed by atoms with Crippen molar-refractivity contribution >= 4 is 12.0 Å². The SMILES string of the molecule is CN(C(=O)Oc1cccc2c1OC(C)(C)O2)C(=O)C(F)(F)C(F)(F)C(F)(F)F. The van der Waals surface area contributed by atoms with Gasteiger partial charge in [0.2, 0.25) is 11.5 Å². The number of carbonyl (C=O) groups is 2. The Labute approximate surface area is 152 Å². The van der Waals surface area contributed by atoms with Gasteiger partial charge in [0.1, 0.15) is 0 Å². The van der Waals surface area contributed by atoms with Gasteiger partial charge in [-0.25, -0.2) is 9.69 Å². The summed E-state index contributed by atoms with van der Waals surface area (Å²) in [6.45, 7) is 2.96. The fraction of sp³-hybridized carbons (Fsp3) is 0.467. The molecule has 2 amide bonds. The Bertz CT molecular complexity index is 806. The summed E-state index contributed by atoms with van der Waals surface area (Å²) in [6.07, 6.45) is -8.67. The molecule has 0 aromatic heterocycles. The minimum atomic E-state index is -6.73. The molecule has 2 rings (SSSR count). The number of benzene rings is 1. The lowest BCUT2D eigenvalue weighted by Crippen LogP contribution is -2.60. The minimum absolute atomic E-state index is 0.0817. The lowest BCUT2D eigenvalue weighted by molar-refractivity contribution is -0.345. The first-order valence-electron chi connectivity index (χ1n) is 7.34. The van der Waals surface area contributed by atoms with Crippen LogP contribution < -0.4 is 14.2 Å². The Morgan fingerprint density at radius 1 is 1.04 bits per heavy atom. The number of ether oxygens (including phenoxy) is 3. The zero-order valence-electron chi connectivity index (χ0n) is 14.4. The molecule has 0 bridgehead atoms. The highest BCUT2D eigenvalue weighted by Gasteiger charge is 2.77. The fourth-order valence-electron chi connectivity index (χ4n) is 2.06. The zero-order chi connectivity index (χ0) is 21.7. The number of rotatable bonds is 3. The summed E-state index contributed by atoms with van der Waals surface area (Å²) >= 11 is 0. The predicted molar refractivity (Wildman–Crippen MR) is 76.5 cm³/mol. The van der Waals surface area contributed by atoms with Crippen LogP contribution in [0.4, 0.5) is 35.5 Å². The van der Waals surface area contributed by atoms with Crippen molar-refractivity contribution < 1.29 is 54.5 Å². The van der Waals surface area contributed by atoms with Crippen molar-refractivity contribution in [2.45, 2.75) is 37.7 Å². The molecule has 0 N–H and O–H groups in total. The summed E-state index contributed by atoms with van der Waals surface area (Å²) in [5.74, 6) is -17.8. The van der Waals surface area contributed by atoms with Crippen LogP contribution in [0.15, 0.2) is 18.2 Å². The van der Waals surface area contributed by atoms with Gasteiger partial charge in [0.25, 0.3) is 0 Å². The maximum absolute atomic E-state index is 13.4. The average molecular weight is 419 g/mol. The number of fused-ring (bicyclic) bond motifs is 1. The fourth-order valence-corrected chi connectivity index (χ4v) is 2.06. The maximum Gasteiger partial charge on any atom is 0.460 e. The minimum Gasteiger partial charge on any atom is -0.449 e. The topological polar surface area (TPSA) is 65.1 Å². The van der Waals surface area contributed by atoms with Crippen molar-refractivity contribution in [2.75, 3.05) is 7.05 Å². The number of hydrogen-bond acceptors (Lipinski definition) is 5. The summed E-state index contributed by atoms with van der Waals surface area (Å²) < 4.78 is 105. The molecule has 0 fully saturated rings. The molecule has 1 heterocycles. The Morgan fingerprint density at radius 3 is 2.14 bits per heavy atom. The van der Waals surface area contributed by atoms with Gasteiger partial charge in [0, 0.05) is 20.9 Å². The highest BCUT2D eigenvalue weighted by molar-refractivity contribution is 5.97. The molecule has 0 saturated carbocycles. The summed E-state index contributed by atoms with van der Waals surface area (Å²) in [4.78, 5) is 22.6. The molecule has 1 aromatic rings. The number of hydrogen-bond donors (Lipinski definition) is 0. The molecular formula is C15H12F7NO5. The van der Waals surface area contributed by atoms with Crippen molar-refractivity contribution in [1.29, 1.82) is 0 Å². The summed E-state index contributed by atoms with van der Waals surface area (Å²) in [5.41, 5.74) is 0. The van der Waals surface area contributed by atoms with Gasteiger partial charge in [-0.15, -0.1) is 0 Å². The van der Waals surface area contributed by atoms with Crippen LogP contribution in [0, 0.1) is 0 Å². The molecule has 0 aliphatic carbocycles. The molecule has 1 aliphatic rings. The van der Waals surface area contributed by atoms with Crippen LogP contribution in [-0.4, -0.2) is 47.8 Å². The van der Waals surface area contributed by atoms with E-state index >= 15 is 0 Å². The lowest BCUT2D eigenvalue weighted by Gasteiger charge is -2.29. The van der Waals surface area contributed by atoms with Crippen molar-refractivity contribution in [3.05, 3.63) is 18.2 Å². The molecule has 0 radical (unpaired) electrons. The number of halogens is 7. The molecule has 6 nitrogen and oxygen atoms in total. The summed E-state index contributed by atoms with van der Waals surface area (Å²) in [6, 6.07) is 3.79. The first-order chi connectivity index (χ1) is 12.5. The second-order valence-corrected chi connectivity index (χ2v) is 6.07. The Balaban J connectivity index is 2.23. The number of imide groups is 1. The Morgan fingerprint density at radius 2 is 1.61 bits per heavy atom. The van der Waals surface area contributed by atoms with Gasteiger partial charge in [0.05, 0.1) is 0 Å². The molecule has 28 heavy (non-hydrogen) atoms. The predicted octanol–water partition coefficient (Wildman–Crippen LogP) is 3.98. The van der Waals surface area contributed by atoms with Gasteiger partial charge in [-0.05, 0) is 12.1 Å². The van der Waals surface area contributed by atoms with Gasteiger partial charge in [-0.1, -0.05) is 6.07 Å². The second-order valence-electron chi connectivity index (χ2n) is 6.07. The van der Waals surface area contributed by atoms with Gasteiger partial charge >= 0.3 is 30.0 Å². The van der Waals surface area contributed by atoms with Gasteiger partial charge in [0.15, 0.2) is 11.5 Å². The van der Waals surface area contributed by atoms with Crippen LogP contribution in [0.1, 0.15) is 13.8 Å². The molecule has 0 saturated heterocycles. The van der Waals surface area contributed by atoms with Crippen LogP contribution in [0.25, 0.3) is 0 Å². The van der Waals surface area contributed by atoms with Crippen molar-refractivity contribution in [3.8, 4) is 17.2 Å². The van der Waals surface area contributed by atoms with E-state index in [1.807, 2.05) is 0 Å². The molecule has 13 heteroatoms. The summed E-state index contributed by atoms with van der Waals surface area (Å²) in [7, 11) is 0.259. The van der Waals surface area contributed by atoms with E-state index < -0.39 is 46.5 Å². The first-order valence-corrected chi connectivity index (χ1v) is 7.34. The molecular weight excluding hydrogens is 407 g/mol. The monoisotopic (exact) mass is 419 g/mol. The largest absolute Gasteiger partial charge is 0.460 e. The quantitative estimate of drug-likeness (QED) is 0.694. The van der Waals surface area contributed by atoms with Crippen LogP contribution in [0.5, 0.6) is 17.2 Å². The highest BCUT2D eigenvalue weighted by Crippen LogP contribution is 2.48. The zero-order valence-corrected chi connectivity index (χ0v) is 14.4. The van der Waals surface area contributed by atoms with E-state index in [9.17, 15) is 40.3 Å². The normalized spacial score (nSPS) is 15.9. The third-order valence-electron chi connectivity index (χ3n) is 3.44. The lowest BCUT2D eigenvalue weighted by atomic mass is 10.1. The Hall–Kier alpha value is -2.73. The third-order valence-corrected chi connectivity index (χ3v) is 3.44. The molecule has 0 unspecified atom stereocenters. The molecule has 1 aromatic carbocycles. The van der Waals surface area contributed by atoms with Crippen LogP contribution >= 0.6 is 0 Å². The molecule has 156 valence electrons. The average Bonchev–Trinajstić information content (AvgIpc) is 2.87. The first kappa shape index (κ1) is 21.6. The Kier molecular flexibility index (Phi) is 4.94. The smallest absolute Gasteiger partial charge is 0.449 e. The van der Waals surface area contributed by atoms with Gasteiger partial charge in [-0.3, -0.25) is 4.79 Å². The number of para-hydroxylation sites is 1. The van der Waals surface area contributed by atoms with Crippen molar-refractivity contribution in [1.82, 2.24) is 4.90 Å². The molecule has 0 spiro atoms. The number of amides is 2. The van der Waals surface area contributed by atoms with E-state index in [0.29, 0.717) is 0 Å². The van der Waals surface area contributed by atoms with E-state index in [-0.39, 0.29) is 18.5 Å². The third kappa shape index (κ3) is 3.52. The summed E-state index contributed by atoms with van der Waals surface area (Å²) in [5, 5.41) is 0. The van der Waals surface area contributed by atoms with E-state index in [0.717, 1.165) is 6.07 Å². The van der Waals surface area contributed by atoms with E-state index in [1.54, 1.807) is 0 Å². The van der Waals surface area contributed by atoms with E-state index in [4.69, 9.17) is 9.47 Å².